The molecule has 5 heteroatoms. The summed E-state index contributed by atoms with van der Waals surface area (Å²) in [5.41, 5.74) is 0. The largest absolute Gasteiger partial charge is 2.00 e. The van der Waals surface area contributed by atoms with Crippen LogP contribution >= 0.6 is 0 Å². The maximum Gasteiger partial charge on any atom is 2.00 e. The van der Waals surface area contributed by atoms with Gasteiger partial charge in [-0.05, 0) is 0 Å². The van der Waals surface area contributed by atoms with E-state index in [0.717, 1.165) is 0 Å². The molecule has 0 amide bonds. The second-order valence-electron chi connectivity index (χ2n) is 0.204. The van der Waals surface area contributed by atoms with E-state index in [1.807, 2.05) is 0 Å². The summed E-state index contributed by atoms with van der Waals surface area (Å²) in [6.45, 7) is 0. The van der Waals surface area contributed by atoms with Crippen molar-refractivity contribution in [1.29, 1.82) is 0 Å². The van der Waals surface area contributed by atoms with Crippen molar-refractivity contribution in [2.45, 2.75) is 0 Å². The van der Waals surface area contributed by atoms with E-state index >= 15 is 0 Å². The summed E-state index contributed by atoms with van der Waals surface area (Å²) >= 11 is -3.79. The third-order valence-corrected chi connectivity index (χ3v) is 0. The second-order valence-corrected chi connectivity index (χ2v) is 0.842. The fourth-order valence-electron chi connectivity index (χ4n) is 0. The Morgan fingerprint density at radius 3 is 1.40 bits per heavy atom. The molecule has 0 aliphatic rings. The van der Waals surface area contributed by atoms with Gasteiger partial charge < -0.3 is 0 Å². The molecule has 5 heavy (non-hydrogen) atoms. The van der Waals surface area contributed by atoms with Gasteiger partial charge in [0.05, 0.1) is 0 Å². The molecular formula is CrO3Pt. The Kier molecular flexibility index (Phi) is 9.23. The van der Waals surface area contributed by atoms with Gasteiger partial charge in [0.2, 0.25) is 0 Å². The third kappa shape index (κ3) is 48.3. The van der Waals surface area contributed by atoms with Gasteiger partial charge in [0, 0.05) is 0 Å². The molecule has 0 heterocycles. The minimum absolute atomic E-state index is 0. The Hall–Kier alpha value is 0.941. The van der Waals surface area contributed by atoms with Crippen LogP contribution in [0.2, 0.25) is 0 Å². The molecule has 0 rings (SSSR count). The van der Waals surface area contributed by atoms with Crippen LogP contribution in [0.4, 0.5) is 0 Å². The molecular weight excluding hydrogens is 295 g/mol. The van der Waals surface area contributed by atoms with Gasteiger partial charge >= 0.3 is 47.9 Å². The Bertz CT molecular complexity index is 29.9. The molecule has 0 aromatic heterocycles. The summed E-state index contributed by atoms with van der Waals surface area (Å²) in [6.07, 6.45) is 0. The molecule has 0 atom stereocenters. The molecule has 0 unspecified atom stereocenters. The van der Waals surface area contributed by atoms with E-state index in [2.05, 4.69) is 0 Å². The summed E-state index contributed by atoms with van der Waals surface area (Å²) in [5, 5.41) is 0. The monoisotopic (exact) mass is 295 g/mol. The fourth-order valence-corrected chi connectivity index (χ4v) is 0. The first-order valence-electron chi connectivity index (χ1n) is 0.500. The molecule has 0 fully saturated rings. The van der Waals surface area contributed by atoms with Crippen LogP contribution in [0.5, 0.6) is 0 Å². The van der Waals surface area contributed by atoms with Crippen LogP contribution in [0.15, 0.2) is 0 Å². The first-order chi connectivity index (χ1) is 1.73. The van der Waals surface area contributed by atoms with Crippen LogP contribution in [-0.4, -0.2) is 0 Å². The number of hydrogen-bond donors (Lipinski definition) is 0. The van der Waals surface area contributed by atoms with E-state index in [4.69, 9.17) is 12.1 Å². The first kappa shape index (κ1) is 9.34. The van der Waals surface area contributed by atoms with E-state index < -0.39 is 14.8 Å². The zero-order valence-electron chi connectivity index (χ0n) is 1.95. The summed E-state index contributed by atoms with van der Waals surface area (Å²) in [6, 6.07) is 0. The predicted octanol–water partition coefficient (Wildman–Crippen LogP) is -2.50. The number of rotatable bonds is 0. The molecule has 0 spiro atoms. The zero-order chi connectivity index (χ0) is 3.58. The van der Waals surface area contributed by atoms with Crippen LogP contribution < -0.4 is 8.32 Å². The third-order valence-electron chi connectivity index (χ3n) is 0. The first-order valence-corrected chi connectivity index (χ1v) is 2.06. The van der Waals surface area contributed by atoms with Gasteiger partial charge in [0.15, 0.2) is 0 Å². The van der Waals surface area contributed by atoms with Gasteiger partial charge in [0.1, 0.15) is 0 Å². The smallest absolute Gasteiger partial charge is 2.00 e. The predicted molar refractivity (Wildman–Crippen MR) is 0.686 cm³/mol. The molecule has 34 valence electrons. The Morgan fingerprint density at radius 2 is 1.40 bits per heavy atom. The van der Waals surface area contributed by atoms with Crippen molar-refractivity contribution >= 4 is 0 Å². The van der Waals surface area contributed by atoms with Crippen molar-refractivity contribution in [2.75, 3.05) is 0 Å². The topological polar surface area (TPSA) is 63.2 Å². The zero-order valence-corrected chi connectivity index (χ0v) is 5.50. The van der Waals surface area contributed by atoms with Crippen LogP contribution in [-0.2, 0) is 39.6 Å². The normalized spacial score (nSPS) is 7.00. The minimum Gasteiger partial charge on any atom is 2.00 e. The molecule has 0 aromatic carbocycles. The minimum atomic E-state index is -3.79. The fraction of sp³-hybridized carbons (Fsp3) is 0. The van der Waals surface area contributed by atoms with E-state index in [-0.39, 0.29) is 21.1 Å². The Morgan fingerprint density at radius 1 is 1.40 bits per heavy atom. The van der Waals surface area contributed by atoms with E-state index in [0.29, 0.717) is 0 Å². The van der Waals surface area contributed by atoms with Crippen LogP contribution in [0.25, 0.3) is 0 Å². The summed E-state index contributed by atoms with van der Waals surface area (Å²) in [5.74, 6) is 0. The molecule has 0 aromatic rings. The van der Waals surface area contributed by atoms with Crippen molar-refractivity contribution in [3.8, 4) is 0 Å². The van der Waals surface area contributed by atoms with Crippen LogP contribution in [0, 0.1) is 0 Å². The average Bonchev–Trinajstić information content (AvgIpc) is 0.811. The van der Waals surface area contributed by atoms with Crippen molar-refractivity contribution in [3.05, 3.63) is 0 Å². The van der Waals surface area contributed by atoms with Crippen molar-refractivity contribution in [3.63, 3.8) is 0 Å². The van der Waals surface area contributed by atoms with Gasteiger partial charge in [-0.1, -0.05) is 0 Å². The molecule has 0 saturated carbocycles. The number of hydrogen-bond acceptors (Lipinski definition) is 3. The van der Waals surface area contributed by atoms with Crippen molar-refractivity contribution in [1.82, 2.24) is 0 Å². The molecule has 0 saturated heterocycles. The molecule has 0 radical (unpaired) electrons. The van der Waals surface area contributed by atoms with Gasteiger partial charge in [-0.2, -0.15) is 0 Å². The van der Waals surface area contributed by atoms with E-state index in [1.165, 1.54) is 0 Å². The maximum absolute atomic E-state index is 8.54. The van der Waals surface area contributed by atoms with Crippen LogP contribution in [0.3, 0.4) is 0 Å². The SMILES string of the molecule is [O]=[Cr]([O-])[O-].[Pt+2]. The van der Waals surface area contributed by atoms with Gasteiger partial charge in [0.25, 0.3) is 0 Å². The Labute approximate surface area is 48.2 Å². The molecule has 0 bridgehead atoms. The standard InChI is InChI=1S/Cr.3O.Pt/q;;2*-1;+2. The van der Waals surface area contributed by atoms with E-state index in [1.54, 1.807) is 0 Å². The summed E-state index contributed by atoms with van der Waals surface area (Å²) < 4.78 is 25.6. The second kappa shape index (κ2) is 4.94. The molecule has 0 aliphatic carbocycles. The van der Waals surface area contributed by atoms with Gasteiger partial charge in [-0.25, -0.2) is 0 Å². The van der Waals surface area contributed by atoms with Gasteiger partial charge in [-0.15, -0.1) is 0 Å². The molecule has 0 N–H and O–H groups in total. The van der Waals surface area contributed by atoms with Crippen molar-refractivity contribution in [2.24, 2.45) is 0 Å². The van der Waals surface area contributed by atoms with Gasteiger partial charge in [-0.3, -0.25) is 0 Å². The van der Waals surface area contributed by atoms with Crippen LogP contribution in [0.1, 0.15) is 0 Å². The average molecular weight is 295 g/mol. The molecule has 3 nitrogen and oxygen atoms in total. The quantitative estimate of drug-likeness (QED) is 0.496. The summed E-state index contributed by atoms with van der Waals surface area (Å²) in [4.78, 5) is 0. The Balaban J connectivity index is 0. The molecule has 0 aliphatic heterocycles. The van der Waals surface area contributed by atoms with Crippen molar-refractivity contribution < 1.29 is 47.9 Å². The maximum atomic E-state index is 8.54. The van der Waals surface area contributed by atoms with E-state index in [9.17, 15) is 0 Å². The summed E-state index contributed by atoms with van der Waals surface area (Å²) in [7, 11) is 0.